The Hall–Kier alpha value is -0.860. The maximum Gasteiger partial charge on any atom is 0.139 e. The van der Waals surface area contributed by atoms with E-state index in [1.165, 1.54) is 57.3 Å². The van der Waals surface area contributed by atoms with Crippen molar-refractivity contribution >= 4 is 17.4 Å². The summed E-state index contributed by atoms with van der Waals surface area (Å²) in [4.78, 5) is 16.7. The molecule has 2 nitrogen and oxygen atoms in total. The summed E-state index contributed by atoms with van der Waals surface area (Å²) in [6.07, 6.45) is 11.8. The van der Waals surface area contributed by atoms with E-state index in [1.807, 2.05) is 0 Å². The largest absolute Gasteiger partial charge is 0.303 e. The molecular formula is C27H36ClNO. The van der Waals surface area contributed by atoms with Gasteiger partial charge in [-0.05, 0) is 105 Å². The lowest BCUT2D eigenvalue weighted by molar-refractivity contribution is -0.163. The first-order chi connectivity index (χ1) is 14.5. The van der Waals surface area contributed by atoms with Gasteiger partial charge in [-0.15, -0.1) is 11.6 Å². The number of alkyl halides is 1. The first-order valence-corrected chi connectivity index (χ1v) is 12.9. The van der Waals surface area contributed by atoms with Gasteiger partial charge in [0, 0.05) is 24.3 Å². The zero-order chi connectivity index (χ0) is 20.4. The summed E-state index contributed by atoms with van der Waals surface area (Å²) >= 11 is 6.36. The number of fused-ring (bicyclic) bond motifs is 3. The highest BCUT2D eigenvalue weighted by Crippen LogP contribution is 2.71. The Labute approximate surface area is 186 Å². The number of carbonyl (C=O) groups is 1. The zero-order valence-electron chi connectivity index (χ0n) is 18.3. The molecule has 3 aliphatic heterocycles. The number of rotatable bonds is 6. The van der Waals surface area contributed by atoms with Gasteiger partial charge in [0.1, 0.15) is 5.78 Å². The van der Waals surface area contributed by atoms with Gasteiger partial charge < -0.3 is 4.90 Å². The molecule has 6 bridgehead atoms. The molecule has 4 saturated carbocycles. The van der Waals surface area contributed by atoms with E-state index in [4.69, 9.17) is 11.6 Å². The number of benzene rings is 1. The first-order valence-electron chi connectivity index (χ1n) is 12.4. The van der Waals surface area contributed by atoms with Crippen LogP contribution in [0.25, 0.3) is 0 Å². The summed E-state index contributed by atoms with van der Waals surface area (Å²) in [5.74, 6) is 3.49. The number of hydrogen-bond donors (Lipinski definition) is 0. The van der Waals surface area contributed by atoms with Crippen molar-refractivity contribution in [2.24, 2.45) is 28.6 Å². The number of carbonyl (C=O) groups excluding carboxylic acids is 1. The van der Waals surface area contributed by atoms with Crippen LogP contribution < -0.4 is 0 Å². The lowest BCUT2D eigenvalue weighted by Crippen LogP contribution is -2.61. The van der Waals surface area contributed by atoms with Crippen LogP contribution in [0.1, 0.15) is 69.8 Å². The molecule has 3 heterocycles. The highest BCUT2D eigenvalue weighted by Gasteiger charge is 2.65. The summed E-state index contributed by atoms with van der Waals surface area (Å²) < 4.78 is 0. The maximum atomic E-state index is 14.1. The molecule has 2 unspecified atom stereocenters. The average molecular weight is 426 g/mol. The third-order valence-corrected chi connectivity index (χ3v) is 10.2. The SMILES string of the molecule is O=C(C[C@@H]1CN2CCC1CC2)C12CC3C[C@@](CCCl)(C1)C[C@](c1ccccc1)(C3)C2. The molecule has 7 aliphatic rings. The molecule has 8 rings (SSSR count). The summed E-state index contributed by atoms with van der Waals surface area (Å²) in [7, 11) is 0. The van der Waals surface area contributed by atoms with Crippen LogP contribution in [-0.2, 0) is 10.2 Å². The van der Waals surface area contributed by atoms with Crippen LogP contribution in [-0.4, -0.2) is 36.2 Å². The molecule has 162 valence electrons. The van der Waals surface area contributed by atoms with Gasteiger partial charge in [-0.3, -0.25) is 4.79 Å². The quantitative estimate of drug-likeness (QED) is 0.535. The highest BCUT2D eigenvalue weighted by molar-refractivity contribution is 6.17. The number of hydrogen-bond acceptors (Lipinski definition) is 2. The van der Waals surface area contributed by atoms with Crippen molar-refractivity contribution in [3.8, 4) is 0 Å². The van der Waals surface area contributed by atoms with Crippen molar-refractivity contribution in [3.05, 3.63) is 35.9 Å². The van der Waals surface area contributed by atoms with Gasteiger partial charge in [0.2, 0.25) is 0 Å². The van der Waals surface area contributed by atoms with Crippen molar-refractivity contribution in [2.45, 2.75) is 69.6 Å². The Balaban J connectivity index is 1.33. The van der Waals surface area contributed by atoms with Crippen molar-refractivity contribution in [1.82, 2.24) is 4.90 Å². The number of ketones is 1. The van der Waals surface area contributed by atoms with Gasteiger partial charge in [-0.2, -0.15) is 0 Å². The molecule has 1 aromatic rings. The Morgan fingerprint density at radius 1 is 1.03 bits per heavy atom. The fourth-order valence-electron chi connectivity index (χ4n) is 9.32. The summed E-state index contributed by atoms with van der Waals surface area (Å²) in [6.45, 7) is 3.70. The van der Waals surface area contributed by atoms with Crippen molar-refractivity contribution in [2.75, 3.05) is 25.5 Å². The minimum atomic E-state index is -0.0761. The Morgan fingerprint density at radius 2 is 1.83 bits per heavy atom. The van der Waals surface area contributed by atoms with Gasteiger partial charge >= 0.3 is 0 Å². The Morgan fingerprint density at radius 3 is 2.53 bits per heavy atom. The predicted octanol–water partition coefficient (Wildman–Crippen LogP) is 5.82. The molecule has 7 fully saturated rings. The van der Waals surface area contributed by atoms with E-state index < -0.39 is 0 Å². The van der Waals surface area contributed by atoms with Crippen LogP contribution in [0.3, 0.4) is 0 Å². The molecule has 3 saturated heterocycles. The van der Waals surface area contributed by atoms with Crippen LogP contribution in [0.5, 0.6) is 0 Å². The first kappa shape index (κ1) is 19.8. The molecule has 1 aromatic carbocycles. The Kier molecular flexibility index (Phi) is 4.67. The number of piperidine rings is 3. The third-order valence-electron chi connectivity index (χ3n) is 10.0. The standard InChI is InChI=1S/C27H36ClNO/c28-9-8-25-13-20-14-26(17-25,23-4-2-1-3-5-23)19-27(15-20,18-25)24(30)12-22-16-29-10-6-21(22)7-11-29/h1-5,20-22H,6-19H2/t20?,22-,25-,26-,27?/m1/s1. The number of Topliss-reactive ketones (excluding diaryl/α,β-unsaturated/α-hetero) is 1. The van der Waals surface area contributed by atoms with E-state index in [2.05, 4.69) is 35.2 Å². The van der Waals surface area contributed by atoms with Crippen LogP contribution in [0.15, 0.2) is 30.3 Å². The molecule has 30 heavy (non-hydrogen) atoms. The van der Waals surface area contributed by atoms with Gasteiger partial charge in [-0.25, -0.2) is 0 Å². The summed E-state index contributed by atoms with van der Waals surface area (Å²) in [6, 6.07) is 11.2. The van der Waals surface area contributed by atoms with E-state index in [1.54, 1.807) is 0 Å². The van der Waals surface area contributed by atoms with Crippen molar-refractivity contribution < 1.29 is 4.79 Å². The van der Waals surface area contributed by atoms with Gasteiger partial charge in [-0.1, -0.05) is 30.3 Å². The van der Waals surface area contributed by atoms with Gasteiger partial charge in [0.05, 0.1) is 0 Å². The smallest absolute Gasteiger partial charge is 0.139 e. The summed E-state index contributed by atoms with van der Waals surface area (Å²) in [5, 5.41) is 0. The van der Waals surface area contributed by atoms with Crippen LogP contribution in [0, 0.1) is 28.6 Å². The van der Waals surface area contributed by atoms with E-state index >= 15 is 0 Å². The second-order valence-corrected chi connectivity index (χ2v) is 12.3. The monoisotopic (exact) mass is 425 g/mol. The molecular weight excluding hydrogens is 390 g/mol. The molecule has 0 spiro atoms. The van der Waals surface area contributed by atoms with Crippen molar-refractivity contribution in [3.63, 3.8) is 0 Å². The lowest BCUT2D eigenvalue weighted by atomic mass is 9.37. The second kappa shape index (κ2) is 7.07. The highest BCUT2D eigenvalue weighted by atomic mass is 35.5. The van der Waals surface area contributed by atoms with Crippen LogP contribution in [0.4, 0.5) is 0 Å². The average Bonchev–Trinajstić information content (AvgIpc) is 2.74. The molecule has 0 radical (unpaired) electrons. The van der Waals surface area contributed by atoms with Crippen LogP contribution >= 0.6 is 11.6 Å². The zero-order valence-corrected chi connectivity index (χ0v) is 19.0. The number of nitrogens with zero attached hydrogens (tertiary/aromatic N) is 1. The molecule has 3 heteroatoms. The normalized spacial score (nSPS) is 46.3. The number of halogens is 1. The lowest BCUT2D eigenvalue weighted by Gasteiger charge is -2.67. The van der Waals surface area contributed by atoms with Crippen molar-refractivity contribution in [1.29, 1.82) is 0 Å². The molecule has 0 N–H and O–H groups in total. The molecule has 5 atom stereocenters. The third kappa shape index (κ3) is 3.04. The second-order valence-electron chi connectivity index (χ2n) is 11.9. The minimum absolute atomic E-state index is 0.0761. The van der Waals surface area contributed by atoms with E-state index in [0.29, 0.717) is 23.0 Å². The molecule has 0 aromatic heterocycles. The van der Waals surface area contributed by atoms with Gasteiger partial charge in [0.25, 0.3) is 0 Å². The fourth-order valence-corrected chi connectivity index (χ4v) is 9.72. The summed E-state index contributed by atoms with van der Waals surface area (Å²) in [5.41, 5.74) is 1.92. The van der Waals surface area contributed by atoms with E-state index in [0.717, 1.165) is 43.9 Å². The molecule has 4 aliphatic carbocycles. The Bertz CT molecular complexity index is 817. The van der Waals surface area contributed by atoms with Gasteiger partial charge in [0.15, 0.2) is 0 Å². The van der Waals surface area contributed by atoms with E-state index in [-0.39, 0.29) is 10.8 Å². The van der Waals surface area contributed by atoms with Crippen LogP contribution in [0.2, 0.25) is 0 Å². The van der Waals surface area contributed by atoms with E-state index in [9.17, 15) is 4.79 Å². The fraction of sp³-hybridized carbons (Fsp3) is 0.741. The topological polar surface area (TPSA) is 20.3 Å². The molecule has 0 amide bonds. The minimum Gasteiger partial charge on any atom is -0.303 e. The predicted molar refractivity (Wildman–Crippen MR) is 122 cm³/mol. The maximum absolute atomic E-state index is 14.1.